The highest BCUT2D eigenvalue weighted by Gasteiger charge is 2.35. The van der Waals surface area contributed by atoms with Gasteiger partial charge in [0.25, 0.3) is 0 Å². The van der Waals surface area contributed by atoms with E-state index >= 15 is 0 Å². The third-order valence-corrected chi connectivity index (χ3v) is 7.04. The van der Waals surface area contributed by atoms with Crippen molar-refractivity contribution in [1.82, 2.24) is 20.3 Å². The number of amides is 2. The van der Waals surface area contributed by atoms with E-state index in [1.54, 1.807) is 12.1 Å². The molecule has 0 bridgehead atoms. The number of nitrogens with zero attached hydrogens (tertiary/aromatic N) is 2. The molecule has 1 aromatic rings. The van der Waals surface area contributed by atoms with Crippen molar-refractivity contribution in [3.05, 3.63) is 27.1 Å². The van der Waals surface area contributed by atoms with Gasteiger partial charge >= 0.3 is 6.03 Å². The summed E-state index contributed by atoms with van der Waals surface area (Å²) >= 11 is 6.54. The lowest BCUT2D eigenvalue weighted by Gasteiger charge is -2.23. The SMILES string of the molecule is CC(C)(C)NC(=O)NCC1CC(NS(=O)(=O)c2cc(Br)ccc2Br)CN1C#N. The molecule has 1 heterocycles. The quantitative estimate of drug-likeness (QED) is 0.500. The molecule has 154 valence electrons. The summed E-state index contributed by atoms with van der Waals surface area (Å²) in [4.78, 5) is 13.5. The van der Waals surface area contributed by atoms with Crippen LogP contribution in [0.1, 0.15) is 27.2 Å². The number of carbonyl (C=O) groups is 1. The van der Waals surface area contributed by atoms with Gasteiger partial charge in [-0.3, -0.25) is 0 Å². The number of hydrogen-bond donors (Lipinski definition) is 3. The van der Waals surface area contributed by atoms with E-state index in [4.69, 9.17) is 0 Å². The first-order chi connectivity index (χ1) is 12.9. The van der Waals surface area contributed by atoms with Gasteiger partial charge in [0.1, 0.15) is 0 Å². The molecule has 2 atom stereocenters. The molecule has 2 rings (SSSR count). The Morgan fingerprint density at radius 1 is 1.36 bits per heavy atom. The Morgan fingerprint density at radius 2 is 2.04 bits per heavy atom. The van der Waals surface area contributed by atoms with Crippen LogP contribution in [0, 0.1) is 11.5 Å². The van der Waals surface area contributed by atoms with Crippen LogP contribution in [-0.2, 0) is 10.0 Å². The molecule has 11 heteroatoms. The molecule has 8 nitrogen and oxygen atoms in total. The topological polar surface area (TPSA) is 114 Å². The predicted octanol–water partition coefficient (Wildman–Crippen LogP) is 2.51. The van der Waals surface area contributed by atoms with Gasteiger partial charge in [0, 0.05) is 33.6 Å². The van der Waals surface area contributed by atoms with E-state index < -0.39 is 16.1 Å². The molecule has 0 spiro atoms. The second kappa shape index (κ2) is 8.98. The number of nitriles is 1. The average Bonchev–Trinajstić information content (AvgIpc) is 2.94. The Bertz CT molecular complexity index is 880. The van der Waals surface area contributed by atoms with Crippen molar-refractivity contribution in [3.8, 4) is 6.19 Å². The third-order valence-electron chi connectivity index (χ3n) is 4.03. The fraction of sp³-hybridized carbons (Fsp3) is 0.529. The Morgan fingerprint density at radius 3 is 2.64 bits per heavy atom. The lowest BCUT2D eigenvalue weighted by molar-refractivity contribution is 0.228. The maximum Gasteiger partial charge on any atom is 0.315 e. The van der Waals surface area contributed by atoms with Gasteiger partial charge in [0.2, 0.25) is 10.0 Å². The fourth-order valence-corrected chi connectivity index (χ4v) is 5.62. The third kappa shape index (κ3) is 6.34. The van der Waals surface area contributed by atoms with Crippen LogP contribution in [0.4, 0.5) is 4.79 Å². The summed E-state index contributed by atoms with van der Waals surface area (Å²) in [5.41, 5.74) is -0.371. The molecule has 1 aliphatic heterocycles. The zero-order chi connectivity index (χ0) is 21.1. The van der Waals surface area contributed by atoms with E-state index in [1.807, 2.05) is 20.8 Å². The first-order valence-corrected chi connectivity index (χ1v) is 11.7. The van der Waals surface area contributed by atoms with E-state index in [1.165, 1.54) is 11.0 Å². The monoisotopic (exact) mass is 535 g/mol. The molecule has 0 saturated carbocycles. The number of carbonyl (C=O) groups excluding carboxylic acids is 1. The number of nitrogens with one attached hydrogen (secondary N) is 3. The van der Waals surface area contributed by atoms with E-state index in [-0.39, 0.29) is 35.6 Å². The minimum atomic E-state index is -3.77. The Hall–Kier alpha value is -1.35. The van der Waals surface area contributed by atoms with Crippen LogP contribution in [0.15, 0.2) is 32.0 Å². The summed E-state index contributed by atoms with van der Waals surface area (Å²) in [6.07, 6.45) is 2.48. The number of sulfonamides is 1. The van der Waals surface area contributed by atoms with Crippen molar-refractivity contribution in [2.45, 2.75) is 49.7 Å². The molecular formula is C17H23Br2N5O3S. The van der Waals surface area contributed by atoms with Gasteiger partial charge < -0.3 is 15.5 Å². The standard InChI is InChI=1S/C17H23Br2N5O3S/c1-17(2,3)22-16(25)21-8-13-7-12(9-24(13)10-20)23-28(26,27)15-6-11(18)4-5-14(15)19/h4-6,12-13,23H,7-9H2,1-3H3,(H2,21,22,25). The second-order valence-corrected chi connectivity index (χ2v) is 11.1. The normalized spacial score (nSPS) is 19.9. The molecule has 0 radical (unpaired) electrons. The van der Waals surface area contributed by atoms with Gasteiger partial charge in [-0.15, -0.1) is 0 Å². The first-order valence-electron chi connectivity index (χ1n) is 8.61. The number of hydrogen-bond acceptors (Lipinski definition) is 5. The number of urea groups is 1. The maximum absolute atomic E-state index is 12.7. The number of halogens is 2. The highest BCUT2D eigenvalue weighted by molar-refractivity contribution is 9.11. The van der Waals surface area contributed by atoms with Gasteiger partial charge in [0.15, 0.2) is 6.19 Å². The van der Waals surface area contributed by atoms with Gasteiger partial charge in [-0.1, -0.05) is 15.9 Å². The highest BCUT2D eigenvalue weighted by Crippen LogP contribution is 2.27. The highest BCUT2D eigenvalue weighted by atomic mass is 79.9. The van der Waals surface area contributed by atoms with Crippen molar-refractivity contribution in [3.63, 3.8) is 0 Å². The largest absolute Gasteiger partial charge is 0.336 e. The Kier molecular flexibility index (Phi) is 7.36. The van der Waals surface area contributed by atoms with Gasteiger partial charge in [-0.25, -0.2) is 17.9 Å². The van der Waals surface area contributed by atoms with Crippen LogP contribution in [0.25, 0.3) is 0 Å². The van der Waals surface area contributed by atoms with Gasteiger partial charge in [-0.05, 0) is 61.3 Å². The summed E-state index contributed by atoms with van der Waals surface area (Å²) in [6, 6.07) is 3.85. The maximum atomic E-state index is 12.7. The van der Waals surface area contributed by atoms with Crippen LogP contribution in [0.3, 0.4) is 0 Å². The fourth-order valence-electron chi connectivity index (χ4n) is 2.88. The van der Waals surface area contributed by atoms with Crippen molar-refractivity contribution in [1.29, 1.82) is 5.26 Å². The van der Waals surface area contributed by atoms with Crippen molar-refractivity contribution in [2.24, 2.45) is 0 Å². The predicted molar refractivity (Wildman–Crippen MR) is 113 cm³/mol. The van der Waals surface area contributed by atoms with E-state index in [9.17, 15) is 18.5 Å². The first kappa shape index (κ1) is 22.9. The molecule has 2 unspecified atom stereocenters. The molecule has 2 amide bonds. The second-order valence-electron chi connectivity index (χ2n) is 7.62. The summed E-state index contributed by atoms with van der Waals surface area (Å²) in [7, 11) is -3.77. The smallest absolute Gasteiger partial charge is 0.315 e. The zero-order valence-electron chi connectivity index (χ0n) is 15.8. The molecule has 28 heavy (non-hydrogen) atoms. The molecule has 1 aliphatic rings. The molecule has 1 aromatic carbocycles. The lowest BCUT2D eigenvalue weighted by Crippen LogP contribution is -2.49. The van der Waals surface area contributed by atoms with E-state index in [0.717, 1.165) is 0 Å². The molecular weight excluding hydrogens is 514 g/mol. The van der Waals surface area contributed by atoms with Crippen LogP contribution in [0.2, 0.25) is 0 Å². The molecule has 0 aliphatic carbocycles. The van der Waals surface area contributed by atoms with Crippen LogP contribution in [-0.4, -0.2) is 50.1 Å². The molecule has 0 aromatic heterocycles. The lowest BCUT2D eigenvalue weighted by atomic mass is 10.1. The summed E-state index contributed by atoms with van der Waals surface area (Å²) in [5.74, 6) is 0. The minimum Gasteiger partial charge on any atom is -0.336 e. The van der Waals surface area contributed by atoms with Crippen LogP contribution in [0.5, 0.6) is 0 Å². The van der Waals surface area contributed by atoms with Crippen molar-refractivity contribution in [2.75, 3.05) is 13.1 Å². The minimum absolute atomic E-state index is 0.122. The molecule has 1 saturated heterocycles. The summed E-state index contributed by atoms with van der Waals surface area (Å²) in [5, 5.41) is 14.9. The number of likely N-dealkylation sites (tertiary alicyclic amines) is 1. The Balaban J connectivity index is 2.02. The van der Waals surface area contributed by atoms with Crippen molar-refractivity contribution >= 4 is 47.9 Å². The van der Waals surface area contributed by atoms with Crippen LogP contribution >= 0.6 is 31.9 Å². The Labute approximate surface area is 182 Å². The van der Waals surface area contributed by atoms with Gasteiger partial charge in [-0.2, -0.15) is 5.26 Å². The molecule has 1 fully saturated rings. The van der Waals surface area contributed by atoms with Crippen LogP contribution < -0.4 is 15.4 Å². The summed E-state index contributed by atoms with van der Waals surface area (Å²) < 4.78 is 29.2. The molecule has 3 N–H and O–H groups in total. The average molecular weight is 537 g/mol. The number of benzene rings is 1. The van der Waals surface area contributed by atoms with Crippen molar-refractivity contribution < 1.29 is 13.2 Å². The zero-order valence-corrected chi connectivity index (χ0v) is 19.8. The van der Waals surface area contributed by atoms with E-state index in [2.05, 4.69) is 53.4 Å². The summed E-state index contributed by atoms with van der Waals surface area (Å²) in [6.45, 7) is 6.10. The number of rotatable bonds is 5. The van der Waals surface area contributed by atoms with E-state index in [0.29, 0.717) is 15.4 Å². The van der Waals surface area contributed by atoms with Gasteiger partial charge in [0.05, 0.1) is 10.9 Å².